The molecule has 5 nitrogen and oxygen atoms in total. The van der Waals surface area contributed by atoms with E-state index in [1.807, 2.05) is 11.0 Å². The molecule has 1 N–H and O–H groups in total. The Morgan fingerprint density at radius 2 is 2.35 bits per heavy atom. The summed E-state index contributed by atoms with van der Waals surface area (Å²) < 4.78 is 0. The Kier molecular flexibility index (Phi) is 3.64. The van der Waals surface area contributed by atoms with Gasteiger partial charge in [-0.1, -0.05) is 41.2 Å². The third kappa shape index (κ3) is 3.14. The lowest BCUT2D eigenvalue weighted by Gasteiger charge is -2.22. The van der Waals surface area contributed by atoms with Gasteiger partial charge in [0, 0.05) is 12.6 Å². The van der Waals surface area contributed by atoms with Gasteiger partial charge in [0.2, 0.25) is 5.13 Å². The van der Waals surface area contributed by atoms with Crippen molar-refractivity contribution in [3.05, 3.63) is 40.9 Å². The van der Waals surface area contributed by atoms with Gasteiger partial charge < -0.3 is 4.90 Å². The van der Waals surface area contributed by atoms with Crippen LogP contribution in [0, 0.1) is 6.92 Å². The maximum absolute atomic E-state index is 12.3. The van der Waals surface area contributed by atoms with Crippen molar-refractivity contribution in [2.75, 3.05) is 5.32 Å². The lowest BCUT2D eigenvalue weighted by molar-refractivity contribution is 0.206. The number of rotatable bonds is 4. The SMILES string of the molecule is Cc1cccc(CN(C(=O)Nc2nncs2)C2CC2)c1. The van der Waals surface area contributed by atoms with Crippen LogP contribution in [0.15, 0.2) is 29.8 Å². The topological polar surface area (TPSA) is 58.1 Å². The minimum Gasteiger partial charge on any atom is -0.317 e. The van der Waals surface area contributed by atoms with Crippen molar-refractivity contribution < 1.29 is 4.79 Å². The third-order valence-electron chi connectivity index (χ3n) is 3.26. The van der Waals surface area contributed by atoms with E-state index in [9.17, 15) is 4.79 Å². The van der Waals surface area contributed by atoms with Crippen LogP contribution in [0.1, 0.15) is 24.0 Å². The average Bonchev–Trinajstić information content (AvgIpc) is 3.14. The first-order valence-electron chi connectivity index (χ1n) is 6.62. The molecule has 1 saturated carbocycles. The summed E-state index contributed by atoms with van der Waals surface area (Å²) in [6, 6.07) is 8.52. The second kappa shape index (κ2) is 5.58. The summed E-state index contributed by atoms with van der Waals surface area (Å²) in [6.07, 6.45) is 2.16. The molecule has 0 aliphatic heterocycles. The van der Waals surface area contributed by atoms with Gasteiger partial charge in [0.1, 0.15) is 5.51 Å². The first kappa shape index (κ1) is 13.1. The Morgan fingerprint density at radius 3 is 3.00 bits per heavy atom. The smallest absolute Gasteiger partial charge is 0.317 e. The number of nitrogens with one attached hydrogen (secondary N) is 1. The summed E-state index contributed by atoms with van der Waals surface area (Å²) in [7, 11) is 0. The van der Waals surface area contributed by atoms with E-state index in [2.05, 4.69) is 40.6 Å². The molecule has 2 amide bonds. The van der Waals surface area contributed by atoms with Crippen molar-refractivity contribution in [3.8, 4) is 0 Å². The van der Waals surface area contributed by atoms with Gasteiger partial charge in [-0.25, -0.2) is 4.79 Å². The van der Waals surface area contributed by atoms with E-state index in [4.69, 9.17) is 0 Å². The number of carbonyl (C=O) groups is 1. The molecule has 1 heterocycles. The number of amides is 2. The molecule has 104 valence electrons. The molecule has 0 saturated heterocycles. The fraction of sp³-hybridized carbons (Fsp3) is 0.357. The average molecular weight is 288 g/mol. The molecule has 3 rings (SSSR count). The molecule has 0 bridgehead atoms. The number of nitrogens with zero attached hydrogens (tertiary/aromatic N) is 3. The molecular formula is C14H16N4OS. The van der Waals surface area contributed by atoms with Gasteiger partial charge in [-0.3, -0.25) is 5.32 Å². The Hall–Kier alpha value is -1.95. The normalized spacial score (nSPS) is 14.1. The standard InChI is InChI=1S/C14H16N4OS/c1-10-3-2-4-11(7-10)8-18(12-5-6-12)14(19)16-13-17-15-9-20-13/h2-4,7,9,12H,5-6,8H2,1H3,(H,16,17,19). The molecule has 1 aliphatic rings. The molecule has 0 atom stereocenters. The molecule has 6 heteroatoms. The van der Waals surface area contributed by atoms with Gasteiger partial charge in [0.05, 0.1) is 0 Å². The zero-order valence-corrected chi connectivity index (χ0v) is 12.1. The van der Waals surface area contributed by atoms with Crippen molar-refractivity contribution in [3.63, 3.8) is 0 Å². The summed E-state index contributed by atoms with van der Waals surface area (Å²) in [5, 5.41) is 10.9. The monoisotopic (exact) mass is 288 g/mol. The molecular weight excluding hydrogens is 272 g/mol. The zero-order chi connectivity index (χ0) is 13.9. The predicted molar refractivity (Wildman–Crippen MR) is 78.7 cm³/mol. The van der Waals surface area contributed by atoms with E-state index < -0.39 is 0 Å². The zero-order valence-electron chi connectivity index (χ0n) is 11.2. The number of anilines is 1. The summed E-state index contributed by atoms with van der Waals surface area (Å²) in [5.74, 6) is 0. The number of carbonyl (C=O) groups excluding carboxylic acids is 1. The van der Waals surface area contributed by atoms with Crippen molar-refractivity contribution in [2.24, 2.45) is 0 Å². The predicted octanol–water partition coefficient (Wildman–Crippen LogP) is 3.04. The maximum Gasteiger partial charge on any atom is 0.324 e. The highest BCUT2D eigenvalue weighted by atomic mass is 32.1. The molecule has 1 aromatic carbocycles. The van der Waals surface area contributed by atoms with Crippen LogP contribution in [0.4, 0.5) is 9.93 Å². The van der Waals surface area contributed by atoms with E-state index in [1.165, 1.54) is 16.9 Å². The Bertz CT molecular complexity index is 595. The van der Waals surface area contributed by atoms with E-state index in [0.29, 0.717) is 17.7 Å². The van der Waals surface area contributed by atoms with E-state index in [-0.39, 0.29) is 6.03 Å². The minimum absolute atomic E-state index is 0.0919. The maximum atomic E-state index is 12.3. The third-order valence-corrected chi connectivity index (χ3v) is 3.86. The van der Waals surface area contributed by atoms with E-state index >= 15 is 0 Å². The van der Waals surface area contributed by atoms with Gasteiger partial charge in [-0.05, 0) is 25.3 Å². The van der Waals surface area contributed by atoms with E-state index in [1.54, 1.807) is 5.51 Å². The van der Waals surface area contributed by atoms with Crippen LogP contribution in [0.5, 0.6) is 0 Å². The first-order chi connectivity index (χ1) is 9.72. The fourth-order valence-electron chi connectivity index (χ4n) is 2.15. The van der Waals surface area contributed by atoms with Gasteiger partial charge in [0.15, 0.2) is 0 Å². The largest absolute Gasteiger partial charge is 0.324 e. The summed E-state index contributed by atoms with van der Waals surface area (Å²) in [5.41, 5.74) is 3.98. The minimum atomic E-state index is -0.0919. The summed E-state index contributed by atoms with van der Waals surface area (Å²) in [4.78, 5) is 14.2. The van der Waals surface area contributed by atoms with Crippen molar-refractivity contribution >= 4 is 22.5 Å². The van der Waals surface area contributed by atoms with Crippen molar-refractivity contribution in [2.45, 2.75) is 32.4 Å². The van der Waals surface area contributed by atoms with Gasteiger partial charge in [-0.2, -0.15) is 0 Å². The van der Waals surface area contributed by atoms with Crippen LogP contribution in [-0.4, -0.2) is 27.2 Å². The molecule has 20 heavy (non-hydrogen) atoms. The first-order valence-corrected chi connectivity index (χ1v) is 7.49. The van der Waals surface area contributed by atoms with Crippen LogP contribution in [0.3, 0.4) is 0 Å². The number of hydrogen-bond donors (Lipinski definition) is 1. The Morgan fingerprint density at radius 1 is 1.50 bits per heavy atom. The van der Waals surface area contributed by atoms with Crippen LogP contribution < -0.4 is 5.32 Å². The van der Waals surface area contributed by atoms with Gasteiger partial charge in [-0.15, -0.1) is 10.2 Å². The van der Waals surface area contributed by atoms with Crippen molar-refractivity contribution in [1.29, 1.82) is 0 Å². The molecule has 2 aromatic rings. The summed E-state index contributed by atoms with van der Waals surface area (Å²) in [6.45, 7) is 2.70. The van der Waals surface area contributed by atoms with Crippen LogP contribution in [0.2, 0.25) is 0 Å². The van der Waals surface area contributed by atoms with E-state index in [0.717, 1.165) is 18.4 Å². The second-order valence-corrected chi connectivity index (χ2v) is 5.86. The Balaban J connectivity index is 1.70. The lowest BCUT2D eigenvalue weighted by Crippen LogP contribution is -2.36. The Labute approximate surface area is 121 Å². The highest BCUT2D eigenvalue weighted by molar-refractivity contribution is 7.13. The number of hydrogen-bond acceptors (Lipinski definition) is 4. The highest BCUT2D eigenvalue weighted by Gasteiger charge is 2.32. The highest BCUT2D eigenvalue weighted by Crippen LogP contribution is 2.29. The van der Waals surface area contributed by atoms with Gasteiger partial charge >= 0.3 is 6.03 Å². The number of benzene rings is 1. The van der Waals surface area contributed by atoms with Crippen LogP contribution in [0.25, 0.3) is 0 Å². The molecule has 0 unspecified atom stereocenters. The molecule has 0 radical (unpaired) electrons. The fourth-order valence-corrected chi connectivity index (χ4v) is 2.59. The molecule has 0 spiro atoms. The van der Waals surface area contributed by atoms with Crippen LogP contribution in [-0.2, 0) is 6.54 Å². The number of aryl methyl sites for hydroxylation is 1. The van der Waals surface area contributed by atoms with Crippen LogP contribution >= 0.6 is 11.3 Å². The molecule has 1 fully saturated rings. The summed E-state index contributed by atoms with van der Waals surface area (Å²) >= 11 is 1.33. The quantitative estimate of drug-likeness (QED) is 0.940. The van der Waals surface area contributed by atoms with Gasteiger partial charge in [0.25, 0.3) is 0 Å². The molecule has 1 aliphatic carbocycles. The molecule has 1 aromatic heterocycles. The lowest BCUT2D eigenvalue weighted by atomic mass is 10.1. The second-order valence-electron chi connectivity index (χ2n) is 5.02. The number of aromatic nitrogens is 2. The number of urea groups is 1. The van der Waals surface area contributed by atoms with Crippen molar-refractivity contribution in [1.82, 2.24) is 15.1 Å².